The molecule has 2 aromatic heterocycles. The van der Waals surface area contributed by atoms with Gasteiger partial charge in [0.1, 0.15) is 5.82 Å². The maximum Gasteiger partial charge on any atom is 0.166 e. The smallest absolute Gasteiger partial charge is 0.166 e. The van der Waals surface area contributed by atoms with Gasteiger partial charge in [-0.25, -0.2) is 14.1 Å². The zero-order chi connectivity index (χ0) is 14.8. The molecule has 1 aromatic carbocycles. The molecule has 3 rings (SSSR count). The van der Waals surface area contributed by atoms with Crippen LogP contribution < -0.4 is 0 Å². The monoisotopic (exact) mass is 304 g/mol. The molecule has 0 radical (unpaired) electrons. The molecular weight excluding hydrogens is 291 g/mol. The van der Waals surface area contributed by atoms with E-state index in [0.717, 1.165) is 22.2 Å². The molecule has 1 atom stereocenters. The highest BCUT2D eigenvalue weighted by atomic mass is 32.2. The molecule has 21 heavy (non-hydrogen) atoms. The van der Waals surface area contributed by atoms with Crippen LogP contribution in [0.15, 0.2) is 35.6 Å². The number of benzene rings is 1. The normalized spacial score (nSPS) is 12.5. The third-order valence-corrected chi connectivity index (χ3v) is 4.01. The lowest BCUT2D eigenvalue weighted by Gasteiger charge is -2.06. The van der Waals surface area contributed by atoms with Crippen molar-refractivity contribution < 1.29 is 4.39 Å². The van der Waals surface area contributed by atoms with E-state index in [2.05, 4.69) is 25.5 Å². The standard InChI is InChI=1S/C13H13FN6S/c1-8(12-17-18-19-20(12)2)21-13-15-7-11(16-13)9-3-5-10(14)6-4-9/h3-8H,1-2H3,(H,15,16). The molecule has 1 N–H and O–H groups in total. The van der Waals surface area contributed by atoms with E-state index in [0.29, 0.717) is 0 Å². The highest BCUT2D eigenvalue weighted by Gasteiger charge is 2.16. The molecule has 2 heterocycles. The second kappa shape index (κ2) is 5.65. The molecule has 0 saturated heterocycles. The number of tetrazole rings is 1. The summed E-state index contributed by atoms with van der Waals surface area (Å²) in [6.07, 6.45) is 1.73. The number of aryl methyl sites for hydroxylation is 1. The number of nitrogens with one attached hydrogen (secondary N) is 1. The van der Waals surface area contributed by atoms with Crippen molar-refractivity contribution in [3.8, 4) is 11.3 Å². The van der Waals surface area contributed by atoms with Gasteiger partial charge < -0.3 is 4.98 Å². The van der Waals surface area contributed by atoms with E-state index in [-0.39, 0.29) is 11.1 Å². The number of nitrogens with zero attached hydrogens (tertiary/aromatic N) is 5. The van der Waals surface area contributed by atoms with Gasteiger partial charge in [0.05, 0.1) is 17.1 Å². The van der Waals surface area contributed by atoms with E-state index < -0.39 is 0 Å². The molecule has 0 aliphatic rings. The van der Waals surface area contributed by atoms with Crippen LogP contribution in [0.25, 0.3) is 11.3 Å². The average Bonchev–Trinajstić information content (AvgIpc) is 3.09. The van der Waals surface area contributed by atoms with Crippen LogP contribution in [-0.4, -0.2) is 30.2 Å². The molecule has 0 bridgehead atoms. The predicted molar refractivity (Wildman–Crippen MR) is 77.1 cm³/mol. The maximum atomic E-state index is 12.9. The first-order valence-electron chi connectivity index (χ1n) is 6.33. The lowest BCUT2D eigenvalue weighted by molar-refractivity contribution is 0.628. The van der Waals surface area contributed by atoms with Crippen molar-refractivity contribution in [1.29, 1.82) is 0 Å². The third-order valence-electron chi connectivity index (χ3n) is 3.01. The van der Waals surface area contributed by atoms with Crippen LogP contribution in [0, 0.1) is 5.82 Å². The van der Waals surface area contributed by atoms with Gasteiger partial charge in [0, 0.05) is 7.05 Å². The van der Waals surface area contributed by atoms with Crippen LogP contribution >= 0.6 is 11.8 Å². The largest absolute Gasteiger partial charge is 0.333 e. The van der Waals surface area contributed by atoms with Crippen LogP contribution in [0.2, 0.25) is 0 Å². The van der Waals surface area contributed by atoms with Crippen LogP contribution in [0.1, 0.15) is 18.0 Å². The van der Waals surface area contributed by atoms with Crippen molar-refractivity contribution in [1.82, 2.24) is 30.2 Å². The highest BCUT2D eigenvalue weighted by Crippen LogP contribution is 2.32. The number of aromatic amines is 1. The fraction of sp³-hybridized carbons (Fsp3) is 0.231. The first-order chi connectivity index (χ1) is 10.1. The van der Waals surface area contributed by atoms with Gasteiger partial charge >= 0.3 is 0 Å². The Kier molecular flexibility index (Phi) is 3.70. The fourth-order valence-electron chi connectivity index (χ4n) is 1.94. The van der Waals surface area contributed by atoms with Crippen molar-refractivity contribution in [2.75, 3.05) is 0 Å². The van der Waals surface area contributed by atoms with Crippen LogP contribution in [0.5, 0.6) is 0 Å². The van der Waals surface area contributed by atoms with Crippen molar-refractivity contribution in [3.63, 3.8) is 0 Å². The topological polar surface area (TPSA) is 72.3 Å². The zero-order valence-electron chi connectivity index (χ0n) is 11.5. The van der Waals surface area contributed by atoms with E-state index in [1.54, 1.807) is 30.1 Å². The van der Waals surface area contributed by atoms with Crippen molar-refractivity contribution in [3.05, 3.63) is 42.1 Å². The molecule has 8 heteroatoms. The lowest BCUT2D eigenvalue weighted by atomic mass is 10.2. The molecule has 1 unspecified atom stereocenters. The first-order valence-corrected chi connectivity index (χ1v) is 7.21. The summed E-state index contributed by atoms with van der Waals surface area (Å²) >= 11 is 1.53. The summed E-state index contributed by atoms with van der Waals surface area (Å²) in [4.78, 5) is 7.54. The van der Waals surface area contributed by atoms with Gasteiger partial charge in [0.25, 0.3) is 0 Å². The van der Waals surface area contributed by atoms with E-state index in [1.165, 1.54) is 23.9 Å². The molecule has 0 amide bonds. The summed E-state index contributed by atoms with van der Waals surface area (Å²) in [7, 11) is 1.80. The minimum absolute atomic E-state index is 0.0669. The average molecular weight is 304 g/mol. The molecular formula is C13H13FN6S. The fourth-order valence-corrected chi connectivity index (χ4v) is 2.86. The zero-order valence-corrected chi connectivity index (χ0v) is 12.3. The summed E-state index contributed by atoms with van der Waals surface area (Å²) in [6, 6.07) is 6.29. The summed E-state index contributed by atoms with van der Waals surface area (Å²) < 4.78 is 14.6. The Balaban J connectivity index is 1.76. The van der Waals surface area contributed by atoms with E-state index in [9.17, 15) is 4.39 Å². The molecule has 0 aliphatic heterocycles. The van der Waals surface area contributed by atoms with Crippen LogP contribution in [0.4, 0.5) is 4.39 Å². The molecule has 3 aromatic rings. The third kappa shape index (κ3) is 2.94. The Bertz CT molecular complexity index is 735. The summed E-state index contributed by atoms with van der Waals surface area (Å²) in [6.45, 7) is 2.01. The van der Waals surface area contributed by atoms with Gasteiger partial charge in [0.15, 0.2) is 11.0 Å². The Hall–Kier alpha value is -2.22. The number of hydrogen-bond donors (Lipinski definition) is 1. The van der Waals surface area contributed by atoms with Gasteiger partial charge in [-0.05, 0) is 47.2 Å². The van der Waals surface area contributed by atoms with Crippen LogP contribution in [0.3, 0.4) is 0 Å². The van der Waals surface area contributed by atoms with Gasteiger partial charge in [-0.15, -0.1) is 5.10 Å². The number of imidazole rings is 1. The summed E-state index contributed by atoms with van der Waals surface area (Å²) in [5.74, 6) is 0.524. The second-order valence-corrected chi connectivity index (χ2v) is 5.86. The second-order valence-electron chi connectivity index (χ2n) is 4.53. The minimum Gasteiger partial charge on any atom is -0.333 e. The summed E-state index contributed by atoms with van der Waals surface area (Å²) in [5, 5.41) is 12.3. The van der Waals surface area contributed by atoms with Crippen molar-refractivity contribution in [2.45, 2.75) is 17.3 Å². The number of aromatic nitrogens is 6. The van der Waals surface area contributed by atoms with E-state index in [4.69, 9.17) is 0 Å². The molecule has 0 saturated carbocycles. The van der Waals surface area contributed by atoms with E-state index in [1.807, 2.05) is 6.92 Å². The number of hydrogen-bond acceptors (Lipinski definition) is 5. The predicted octanol–water partition coefficient (Wildman–Crippen LogP) is 2.59. The molecule has 0 aliphatic carbocycles. The Morgan fingerprint density at radius 3 is 2.71 bits per heavy atom. The van der Waals surface area contributed by atoms with Gasteiger partial charge in [0.2, 0.25) is 0 Å². The number of H-pyrrole nitrogens is 1. The van der Waals surface area contributed by atoms with Crippen LogP contribution in [-0.2, 0) is 7.05 Å². The van der Waals surface area contributed by atoms with Gasteiger partial charge in [-0.1, -0.05) is 11.8 Å². The molecule has 0 fully saturated rings. The molecule has 108 valence electrons. The molecule has 6 nitrogen and oxygen atoms in total. The highest BCUT2D eigenvalue weighted by molar-refractivity contribution is 7.99. The molecule has 0 spiro atoms. The van der Waals surface area contributed by atoms with Gasteiger partial charge in [-0.3, -0.25) is 0 Å². The Labute approximate surface area is 124 Å². The minimum atomic E-state index is -0.253. The number of halogens is 1. The number of rotatable bonds is 4. The quantitative estimate of drug-likeness (QED) is 0.750. The maximum absolute atomic E-state index is 12.9. The van der Waals surface area contributed by atoms with E-state index >= 15 is 0 Å². The lowest BCUT2D eigenvalue weighted by Crippen LogP contribution is -2.01. The van der Waals surface area contributed by atoms with Gasteiger partial charge in [-0.2, -0.15) is 0 Å². The first kappa shape index (κ1) is 13.7. The Morgan fingerprint density at radius 1 is 1.29 bits per heavy atom. The SMILES string of the molecule is CC(Sc1ncc(-c2ccc(F)cc2)[nH]1)c1nnnn1C. The van der Waals surface area contributed by atoms with Crippen molar-refractivity contribution in [2.24, 2.45) is 7.05 Å². The number of thioether (sulfide) groups is 1. The van der Waals surface area contributed by atoms with Crippen molar-refractivity contribution >= 4 is 11.8 Å². The summed E-state index contributed by atoms with van der Waals surface area (Å²) in [5.41, 5.74) is 1.74. The Morgan fingerprint density at radius 2 is 2.05 bits per heavy atom.